The van der Waals surface area contributed by atoms with E-state index >= 15 is 0 Å². The minimum Gasteiger partial charge on any atom is -0.756 e. The Labute approximate surface area is 313 Å². The van der Waals surface area contributed by atoms with Crippen LogP contribution in [0, 0.1) is 0 Å². The fourth-order valence-electron chi connectivity index (χ4n) is 5.30. The molecule has 51 heavy (non-hydrogen) atoms. The molecule has 0 bridgehead atoms. The van der Waals surface area contributed by atoms with Gasteiger partial charge >= 0.3 is 0 Å². The Morgan fingerprint density at radius 2 is 1.20 bits per heavy atom. The Morgan fingerprint density at radius 1 is 0.706 bits per heavy atom. The summed E-state index contributed by atoms with van der Waals surface area (Å²) in [7, 11) is 1.28. The maximum Gasteiger partial charge on any atom is 0.268 e. The van der Waals surface area contributed by atoms with Crippen LogP contribution in [0.4, 0.5) is 0 Å². The fraction of sp³-hybridized carbons (Fsp3) is 0.738. The minimum atomic E-state index is -4.55. The van der Waals surface area contributed by atoms with Gasteiger partial charge in [-0.05, 0) is 57.8 Å². The van der Waals surface area contributed by atoms with Gasteiger partial charge in [0.05, 0.1) is 39.9 Å². The topological polar surface area (TPSA) is 108 Å². The van der Waals surface area contributed by atoms with Crippen LogP contribution in [-0.2, 0) is 18.4 Å². The number of nitrogens with one attached hydrogen (secondary N) is 1. The maximum atomic E-state index is 12.7. The summed E-state index contributed by atoms with van der Waals surface area (Å²) >= 11 is 0. The maximum absolute atomic E-state index is 12.7. The van der Waals surface area contributed by atoms with Crippen LogP contribution in [-0.4, -0.2) is 68.5 Å². The number of rotatable bonds is 35. The zero-order valence-corrected chi connectivity index (χ0v) is 34.2. The molecule has 3 atom stereocenters. The lowest BCUT2D eigenvalue weighted by atomic mass is 10.0. The number of quaternary nitrogens is 1. The third kappa shape index (κ3) is 36.4. The summed E-state index contributed by atoms with van der Waals surface area (Å²) in [4.78, 5) is 25.0. The van der Waals surface area contributed by atoms with E-state index in [-0.39, 0.29) is 19.1 Å². The quantitative estimate of drug-likeness (QED) is 0.0290. The first-order valence-electron chi connectivity index (χ1n) is 20.1. The molecule has 0 aliphatic heterocycles. The third-order valence-corrected chi connectivity index (χ3v) is 9.48. The summed E-state index contributed by atoms with van der Waals surface area (Å²) in [6, 6.07) is -0.802. The van der Waals surface area contributed by atoms with Crippen LogP contribution in [0.3, 0.4) is 0 Å². The number of aliphatic hydroxyl groups excluding tert-OH is 1. The van der Waals surface area contributed by atoms with Crippen molar-refractivity contribution >= 4 is 13.7 Å². The Bertz CT molecular complexity index is 1020. The number of carbonyl (C=O) groups excluding carboxylic acids is 1. The normalized spacial score (nSPS) is 15.2. The summed E-state index contributed by atoms with van der Waals surface area (Å²) in [6.07, 6.45) is 42.9. The molecule has 3 unspecified atom stereocenters. The molecule has 9 heteroatoms. The monoisotopic (exact) mass is 737 g/mol. The van der Waals surface area contributed by atoms with Crippen LogP contribution in [0.1, 0.15) is 149 Å². The highest BCUT2D eigenvalue weighted by Crippen LogP contribution is 2.38. The average Bonchev–Trinajstić information content (AvgIpc) is 3.07. The minimum absolute atomic E-state index is 0.00663. The van der Waals surface area contributed by atoms with Crippen molar-refractivity contribution in [1.82, 2.24) is 5.32 Å². The number of unbranched alkanes of at least 4 members (excludes halogenated alkanes) is 12. The van der Waals surface area contributed by atoms with E-state index in [4.69, 9.17) is 9.05 Å². The summed E-state index contributed by atoms with van der Waals surface area (Å²) in [5.74, 6) is -0.185. The largest absolute Gasteiger partial charge is 0.756 e. The second-order valence-corrected chi connectivity index (χ2v) is 16.0. The molecule has 0 aromatic rings. The summed E-state index contributed by atoms with van der Waals surface area (Å²) in [5.41, 5.74) is 0. The van der Waals surface area contributed by atoms with Crippen LogP contribution in [0.25, 0.3) is 0 Å². The van der Waals surface area contributed by atoms with Crippen molar-refractivity contribution in [1.29, 1.82) is 0 Å². The SMILES string of the molecule is CC/C=C\C/C=C\C/C=C\C/C=C\C/C=C\CCCCCCCCCCCC(=O)NC(COP(=O)([O-])OCC[N+](C)(C)C)C(O)CCCCCC. The van der Waals surface area contributed by atoms with Gasteiger partial charge in [-0.2, -0.15) is 0 Å². The lowest BCUT2D eigenvalue weighted by Gasteiger charge is -2.30. The van der Waals surface area contributed by atoms with Crippen LogP contribution >= 0.6 is 7.82 Å². The van der Waals surface area contributed by atoms with Crippen molar-refractivity contribution in [2.24, 2.45) is 0 Å². The first-order valence-corrected chi connectivity index (χ1v) is 21.6. The van der Waals surface area contributed by atoms with E-state index in [1.165, 1.54) is 38.5 Å². The molecule has 0 heterocycles. The Balaban J connectivity index is 4.05. The van der Waals surface area contributed by atoms with E-state index in [1.54, 1.807) is 0 Å². The Kier molecular flexibility index (Phi) is 32.8. The van der Waals surface area contributed by atoms with Crippen LogP contribution in [0.5, 0.6) is 0 Å². The fourth-order valence-corrected chi connectivity index (χ4v) is 6.02. The van der Waals surface area contributed by atoms with Gasteiger partial charge in [0.1, 0.15) is 13.2 Å². The second kappa shape index (κ2) is 34.0. The predicted molar refractivity (Wildman–Crippen MR) is 214 cm³/mol. The first kappa shape index (κ1) is 49.2. The third-order valence-electron chi connectivity index (χ3n) is 8.52. The lowest BCUT2D eigenvalue weighted by Crippen LogP contribution is -2.46. The van der Waals surface area contributed by atoms with Crippen LogP contribution < -0.4 is 10.2 Å². The lowest BCUT2D eigenvalue weighted by molar-refractivity contribution is -0.870. The molecule has 0 fully saturated rings. The summed E-state index contributed by atoms with van der Waals surface area (Å²) in [6.45, 7) is 4.45. The van der Waals surface area contributed by atoms with Gasteiger partial charge in [0.25, 0.3) is 7.82 Å². The van der Waals surface area contributed by atoms with Crippen LogP contribution in [0.15, 0.2) is 60.8 Å². The zero-order valence-electron chi connectivity index (χ0n) is 33.3. The van der Waals surface area contributed by atoms with Gasteiger partial charge < -0.3 is 28.8 Å². The van der Waals surface area contributed by atoms with Crippen molar-refractivity contribution in [3.05, 3.63) is 60.8 Å². The van der Waals surface area contributed by atoms with Gasteiger partial charge in [0.2, 0.25) is 5.91 Å². The number of amides is 1. The molecular weight excluding hydrogens is 659 g/mol. The van der Waals surface area contributed by atoms with Crippen molar-refractivity contribution in [3.63, 3.8) is 0 Å². The molecule has 0 aliphatic rings. The molecule has 0 spiro atoms. The molecule has 8 nitrogen and oxygen atoms in total. The average molecular weight is 737 g/mol. The van der Waals surface area contributed by atoms with Gasteiger partial charge in [0, 0.05) is 6.42 Å². The predicted octanol–water partition coefficient (Wildman–Crippen LogP) is 10.1. The van der Waals surface area contributed by atoms with Crippen molar-refractivity contribution in [2.45, 2.75) is 161 Å². The zero-order chi connectivity index (χ0) is 37.9. The number of phosphoric acid groups is 1. The summed E-state index contributed by atoms with van der Waals surface area (Å²) in [5, 5.41) is 13.6. The van der Waals surface area contributed by atoms with Crippen molar-refractivity contribution in [3.8, 4) is 0 Å². The van der Waals surface area contributed by atoms with E-state index in [2.05, 4.69) is 79.9 Å². The highest BCUT2D eigenvalue weighted by Gasteiger charge is 2.24. The molecule has 1 amide bonds. The van der Waals surface area contributed by atoms with Gasteiger partial charge in [-0.3, -0.25) is 9.36 Å². The van der Waals surface area contributed by atoms with Gasteiger partial charge in [-0.1, -0.05) is 145 Å². The smallest absolute Gasteiger partial charge is 0.268 e. The molecule has 296 valence electrons. The summed E-state index contributed by atoms with van der Waals surface area (Å²) < 4.78 is 23.0. The van der Waals surface area contributed by atoms with Gasteiger partial charge in [0.15, 0.2) is 0 Å². The molecule has 0 saturated heterocycles. The molecule has 0 aromatic carbocycles. The van der Waals surface area contributed by atoms with Crippen LogP contribution in [0.2, 0.25) is 0 Å². The Morgan fingerprint density at radius 3 is 1.73 bits per heavy atom. The van der Waals surface area contributed by atoms with E-state index < -0.39 is 20.0 Å². The molecule has 2 N–H and O–H groups in total. The van der Waals surface area contributed by atoms with E-state index in [0.29, 0.717) is 23.9 Å². The second-order valence-electron chi connectivity index (χ2n) is 14.6. The number of hydrogen-bond acceptors (Lipinski definition) is 6. The van der Waals surface area contributed by atoms with Gasteiger partial charge in [-0.25, -0.2) is 0 Å². The van der Waals surface area contributed by atoms with E-state index in [1.807, 2.05) is 21.1 Å². The molecule has 0 saturated carbocycles. The number of likely N-dealkylation sites (N-methyl/N-ethyl adjacent to an activating group) is 1. The van der Waals surface area contributed by atoms with Gasteiger partial charge in [-0.15, -0.1) is 0 Å². The number of phosphoric ester groups is 1. The number of hydrogen-bond donors (Lipinski definition) is 2. The number of allylic oxidation sites excluding steroid dienone is 10. The van der Waals surface area contributed by atoms with Crippen molar-refractivity contribution in [2.75, 3.05) is 40.9 Å². The first-order chi connectivity index (χ1) is 24.5. The number of aliphatic hydroxyl groups is 1. The Hall–Kier alpha value is -1.80. The highest BCUT2D eigenvalue weighted by atomic mass is 31.2. The molecule has 0 aromatic heterocycles. The standard InChI is InChI=1S/C42H77N2O6P/c1-6-8-10-12-13-14-15-16-17-18-19-20-21-22-23-24-25-26-27-28-29-30-31-32-34-36-42(46)43-40(41(45)35-33-11-9-7-2)39-50-51(47,48)49-38-37-44(3,4)5/h8,10,13-14,16-17,19-20,22-23,40-41,45H,6-7,9,11-12,15,18,21,24-39H2,1-5H3,(H-,43,46,47,48)/b10-8-,14-13-,17-16-,20-19-,23-22-. The molecular formula is C42H77N2O6P. The number of nitrogens with zero attached hydrogens (tertiary/aromatic N) is 1. The molecule has 0 rings (SSSR count). The molecule has 0 aliphatic carbocycles. The van der Waals surface area contributed by atoms with Crippen molar-refractivity contribution < 1.29 is 32.9 Å². The van der Waals surface area contributed by atoms with E-state index in [0.717, 1.165) is 83.5 Å². The molecule has 0 radical (unpaired) electrons. The highest BCUT2D eigenvalue weighted by molar-refractivity contribution is 7.45. The van der Waals surface area contributed by atoms with E-state index in [9.17, 15) is 19.4 Å². The number of carbonyl (C=O) groups is 1.